The van der Waals surface area contributed by atoms with E-state index in [4.69, 9.17) is 15.2 Å². The van der Waals surface area contributed by atoms with Gasteiger partial charge in [0.25, 0.3) is 5.91 Å². The van der Waals surface area contributed by atoms with Crippen molar-refractivity contribution in [2.45, 2.75) is 26.0 Å². The summed E-state index contributed by atoms with van der Waals surface area (Å²) in [5.74, 6) is 0.00313. The highest BCUT2D eigenvalue weighted by Crippen LogP contribution is 2.12. The molecule has 5 nitrogen and oxygen atoms in total. The van der Waals surface area contributed by atoms with Crippen molar-refractivity contribution in [3.05, 3.63) is 29.8 Å². The molecule has 1 unspecified atom stereocenters. The monoisotopic (exact) mass is 278 g/mol. The summed E-state index contributed by atoms with van der Waals surface area (Å²) in [6, 6.07) is 7.60. The predicted molar refractivity (Wildman–Crippen MR) is 77.1 cm³/mol. The lowest BCUT2D eigenvalue weighted by atomic mass is 10.1. The van der Waals surface area contributed by atoms with Gasteiger partial charge in [0.2, 0.25) is 0 Å². The second-order valence-electron chi connectivity index (χ2n) is 4.94. The Morgan fingerprint density at radius 2 is 2.10 bits per heavy atom. The molecule has 0 aromatic heterocycles. The first-order valence-corrected chi connectivity index (χ1v) is 7.03. The molecule has 0 aliphatic carbocycles. The highest BCUT2D eigenvalue weighted by atomic mass is 16.6. The predicted octanol–water partition coefficient (Wildman–Crippen LogP) is 1.42. The molecule has 5 heteroatoms. The molecule has 2 rings (SSSR count). The summed E-state index contributed by atoms with van der Waals surface area (Å²) < 4.78 is 10.8. The van der Waals surface area contributed by atoms with Crippen LogP contribution < -0.4 is 5.73 Å². The minimum atomic E-state index is -0.468. The standard InChI is InChI=1S/C15H22N2O3/c1-2-7-17(10-12-3-5-13(16)6-4-12)15(18)14-11-19-8-9-20-14/h3-6,14H,2,7-11,16H2,1H3. The van der Waals surface area contributed by atoms with Gasteiger partial charge in [-0.15, -0.1) is 0 Å². The Bertz CT molecular complexity index is 427. The molecule has 1 aliphatic rings. The number of hydrogen-bond donors (Lipinski definition) is 1. The zero-order valence-corrected chi connectivity index (χ0v) is 11.9. The van der Waals surface area contributed by atoms with Crippen LogP contribution >= 0.6 is 0 Å². The first-order chi connectivity index (χ1) is 9.70. The quantitative estimate of drug-likeness (QED) is 0.827. The largest absolute Gasteiger partial charge is 0.399 e. The molecule has 2 N–H and O–H groups in total. The Labute approximate surface area is 119 Å². The summed E-state index contributed by atoms with van der Waals surface area (Å²) in [5, 5.41) is 0. The number of ether oxygens (including phenoxy) is 2. The number of nitrogens with two attached hydrogens (primary N) is 1. The van der Waals surface area contributed by atoms with E-state index in [1.165, 1.54) is 0 Å². The van der Waals surface area contributed by atoms with Crippen LogP contribution in [0, 0.1) is 0 Å². The van der Waals surface area contributed by atoms with Gasteiger partial charge in [0.15, 0.2) is 6.10 Å². The molecular formula is C15H22N2O3. The lowest BCUT2D eigenvalue weighted by Crippen LogP contribution is -2.45. The van der Waals surface area contributed by atoms with Crippen molar-refractivity contribution in [1.29, 1.82) is 0 Å². The van der Waals surface area contributed by atoms with Crippen molar-refractivity contribution in [3.8, 4) is 0 Å². The SMILES string of the molecule is CCCN(Cc1ccc(N)cc1)C(=O)C1COCCO1. The Kier molecular flexibility index (Phi) is 5.38. The molecule has 20 heavy (non-hydrogen) atoms. The highest BCUT2D eigenvalue weighted by molar-refractivity contribution is 5.81. The van der Waals surface area contributed by atoms with E-state index in [-0.39, 0.29) is 5.91 Å². The molecule has 1 aromatic carbocycles. The Hall–Kier alpha value is -1.59. The van der Waals surface area contributed by atoms with Gasteiger partial charge in [0.05, 0.1) is 19.8 Å². The minimum Gasteiger partial charge on any atom is -0.399 e. The maximum Gasteiger partial charge on any atom is 0.254 e. The van der Waals surface area contributed by atoms with Gasteiger partial charge < -0.3 is 20.1 Å². The number of amides is 1. The van der Waals surface area contributed by atoms with Crippen LogP contribution in [0.1, 0.15) is 18.9 Å². The van der Waals surface area contributed by atoms with Crippen LogP contribution in [0.5, 0.6) is 0 Å². The lowest BCUT2D eigenvalue weighted by molar-refractivity contribution is -0.158. The number of rotatable bonds is 5. The zero-order chi connectivity index (χ0) is 14.4. The van der Waals surface area contributed by atoms with Gasteiger partial charge in [-0.05, 0) is 24.1 Å². The molecule has 1 heterocycles. The molecule has 0 radical (unpaired) electrons. The van der Waals surface area contributed by atoms with Gasteiger partial charge in [0, 0.05) is 18.8 Å². The normalized spacial score (nSPS) is 18.8. The van der Waals surface area contributed by atoms with Crippen LogP contribution in [-0.2, 0) is 20.8 Å². The summed E-state index contributed by atoms with van der Waals surface area (Å²) in [7, 11) is 0. The molecule has 0 bridgehead atoms. The number of carbonyl (C=O) groups excluding carboxylic acids is 1. The molecular weight excluding hydrogens is 256 g/mol. The maximum absolute atomic E-state index is 12.5. The third-order valence-corrected chi connectivity index (χ3v) is 3.25. The zero-order valence-electron chi connectivity index (χ0n) is 11.9. The average molecular weight is 278 g/mol. The number of hydrogen-bond acceptors (Lipinski definition) is 4. The third-order valence-electron chi connectivity index (χ3n) is 3.25. The Morgan fingerprint density at radius 1 is 1.35 bits per heavy atom. The molecule has 1 aliphatic heterocycles. The van der Waals surface area contributed by atoms with Crippen molar-refractivity contribution in [3.63, 3.8) is 0 Å². The van der Waals surface area contributed by atoms with Gasteiger partial charge >= 0.3 is 0 Å². The fraction of sp³-hybridized carbons (Fsp3) is 0.533. The van der Waals surface area contributed by atoms with Crippen LogP contribution in [0.25, 0.3) is 0 Å². The van der Waals surface area contributed by atoms with Crippen molar-refractivity contribution < 1.29 is 14.3 Å². The number of anilines is 1. The van der Waals surface area contributed by atoms with E-state index in [0.717, 1.165) is 17.7 Å². The minimum absolute atomic E-state index is 0.00313. The molecule has 1 fully saturated rings. The molecule has 1 atom stereocenters. The molecule has 0 saturated carbocycles. The van der Waals surface area contributed by atoms with Gasteiger partial charge in [0.1, 0.15) is 0 Å². The number of carbonyl (C=O) groups is 1. The van der Waals surface area contributed by atoms with Crippen molar-refractivity contribution in [2.75, 3.05) is 32.1 Å². The van der Waals surface area contributed by atoms with Crippen molar-refractivity contribution in [1.82, 2.24) is 4.90 Å². The number of nitrogens with zero attached hydrogens (tertiary/aromatic N) is 1. The van der Waals surface area contributed by atoms with E-state index in [9.17, 15) is 4.79 Å². The van der Waals surface area contributed by atoms with E-state index in [1.54, 1.807) is 0 Å². The van der Waals surface area contributed by atoms with E-state index in [0.29, 0.717) is 32.9 Å². The molecule has 110 valence electrons. The summed E-state index contributed by atoms with van der Waals surface area (Å²) in [6.07, 6.45) is 0.443. The average Bonchev–Trinajstić information content (AvgIpc) is 2.49. The van der Waals surface area contributed by atoms with E-state index < -0.39 is 6.10 Å². The van der Waals surface area contributed by atoms with Crippen molar-refractivity contribution in [2.24, 2.45) is 0 Å². The fourth-order valence-corrected chi connectivity index (χ4v) is 2.21. The summed E-state index contributed by atoms with van der Waals surface area (Å²) in [6.45, 7) is 4.74. The van der Waals surface area contributed by atoms with E-state index in [1.807, 2.05) is 29.2 Å². The smallest absolute Gasteiger partial charge is 0.254 e. The van der Waals surface area contributed by atoms with Crippen LogP contribution in [0.2, 0.25) is 0 Å². The van der Waals surface area contributed by atoms with E-state index in [2.05, 4.69) is 6.92 Å². The van der Waals surface area contributed by atoms with E-state index >= 15 is 0 Å². The molecule has 0 spiro atoms. The highest BCUT2D eigenvalue weighted by Gasteiger charge is 2.27. The summed E-state index contributed by atoms with van der Waals surface area (Å²) >= 11 is 0. The van der Waals surface area contributed by atoms with Gasteiger partial charge in [-0.25, -0.2) is 0 Å². The lowest BCUT2D eigenvalue weighted by Gasteiger charge is -2.29. The number of benzene rings is 1. The molecule has 1 amide bonds. The second-order valence-corrected chi connectivity index (χ2v) is 4.94. The second kappa shape index (κ2) is 7.26. The van der Waals surface area contributed by atoms with Crippen molar-refractivity contribution >= 4 is 11.6 Å². The van der Waals surface area contributed by atoms with Gasteiger partial charge in [-0.2, -0.15) is 0 Å². The summed E-state index contributed by atoms with van der Waals surface area (Å²) in [5.41, 5.74) is 7.47. The van der Waals surface area contributed by atoms with Crippen LogP contribution in [0.15, 0.2) is 24.3 Å². The van der Waals surface area contributed by atoms with Crippen LogP contribution in [-0.4, -0.2) is 43.3 Å². The van der Waals surface area contributed by atoms with Crippen LogP contribution in [0.4, 0.5) is 5.69 Å². The first-order valence-electron chi connectivity index (χ1n) is 7.03. The topological polar surface area (TPSA) is 64.8 Å². The summed E-state index contributed by atoms with van der Waals surface area (Å²) in [4.78, 5) is 14.3. The fourth-order valence-electron chi connectivity index (χ4n) is 2.21. The number of nitrogen functional groups attached to an aromatic ring is 1. The third kappa shape index (κ3) is 3.95. The van der Waals surface area contributed by atoms with Gasteiger partial charge in [-0.1, -0.05) is 19.1 Å². The Morgan fingerprint density at radius 3 is 2.70 bits per heavy atom. The first kappa shape index (κ1) is 14.8. The van der Waals surface area contributed by atoms with Gasteiger partial charge in [-0.3, -0.25) is 4.79 Å². The maximum atomic E-state index is 12.5. The Balaban J connectivity index is 2.01. The van der Waals surface area contributed by atoms with Crippen LogP contribution in [0.3, 0.4) is 0 Å². The molecule has 1 aromatic rings. The molecule has 1 saturated heterocycles.